The van der Waals surface area contributed by atoms with Crippen molar-refractivity contribution in [1.82, 2.24) is 9.29 Å². The Balaban J connectivity index is 1.63. The summed E-state index contributed by atoms with van der Waals surface area (Å²) in [5, 5.41) is 16.8. The van der Waals surface area contributed by atoms with E-state index in [-0.39, 0.29) is 29.4 Å². The number of thiazole rings is 1. The summed E-state index contributed by atoms with van der Waals surface area (Å²) in [6.07, 6.45) is 1.58. The first-order chi connectivity index (χ1) is 17.8. The standard InChI is InChI=1S/C24H28N6O5S2/c1-3-29(4-2)37(33,34)19-10-11-20(21(16-19)30(31)32)27-25-17-22-23(18-8-6-5-7-9-18)26-24(36-22)28-12-14-35-15-13-28/h5-11,16-17,27H,3-4,12-15H2,1-2H3/b25-17-. The van der Waals surface area contributed by atoms with E-state index in [1.807, 2.05) is 30.3 Å². The molecule has 13 heteroatoms. The molecule has 196 valence electrons. The van der Waals surface area contributed by atoms with E-state index in [0.29, 0.717) is 13.2 Å². The lowest BCUT2D eigenvalue weighted by atomic mass is 10.1. The molecule has 1 fully saturated rings. The molecule has 0 atom stereocenters. The van der Waals surface area contributed by atoms with Gasteiger partial charge in [-0.2, -0.15) is 9.41 Å². The fraction of sp³-hybridized carbons (Fsp3) is 0.333. The molecule has 1 aliphatic rings. The lowest BCUT2D eigenvalue weighted by Crippen LogP contribution is -2.36. The molecule has 0 amide bonds. The number of morpholine rings is 1. The number of nitrogens with zero attached hydrogens (tertiary/aromatic N) is 5. The molecule has 4 rings (SSSR count). The van der Waals surface area contributed by atoms with Gasteiger partial charge >= 0.3 is 0 Å². The lowest BCUT2D eigenvalue weighted by molar-refractivity contribution is -0.384. The molecule has 1 aromatic heterocycles. The quantitative estimate of drug-likeness (QED) is 0.230. The van der Waals surface area contributed by atoms with Crippen LogP contribution in [0.2, 0.25) is 0 Å². The van der Waals surface area contributed by atoms with Crippen molar-refractivity contribution in [2.75, 3.05) is 49.7 Å². The van der Waals surface area contributed by atoms with Crippen molar-refractivity contribution in [3.8, 4) is 11.3 Å². The van der Waals surface area contributed by atoms with Gasteiger partial charge in [0.2, 0.25) is 10.0 Å². The van der Waals surface area contributed by atoms with E-state index in [1.54, 1.807) is 20.1 Å². The Morgan fingerprint density at radius 1 is 1.19 bits per heavy atom. The van der Waals surface area contributed by atoms with Gasteiger partial charge in [-0.05, 0) is 12.1 Å². The summed E-state index contributed by atoms with van der Waals surface area (Å²) in [7, 11) is -3.84. The van der Waals surface area contributed by atoms with Gasteiger partial charge in [0, 0.05) is 37.8 Å². The summed E-state index contributed by atoms with van der Waals surface area (Å²) < 4.78 is 32.3. The number of rotatable bonds is 10. The predicted molar refractivity (Wildman–Crippen MR) is 145 cm³/mol. The number of anilines is 2. The molecule has 0 spiro atoms. The number of ether oxygens (including phenoxy) is 1. The minimum atomic E-state index is -3.84. The molecule has 3 aromatic rings. The SMILES string of the molecule is CCN(CC)S(=O)(=O)c1ccc(N/N=C\c2sc(N3CCOCC3)nc2-c2ccccc2)c([N+](=O)[O-])c1. The van der Waals surface area contributed by atoms with Gasteiger partial charge < -0.3 is 9.64 Å². The topological polar surface area (TPSA) is 130 Å². The molecule has 0 unspecified atom stereocenters. The van der Waals surface area contributed by atoms with Gasteiger partial charge in [-0.25, -0.2) is 13.4 Å². The van der Waals surface area contributed by atoms with Gasteiger partial charge in [-0.15, -0.1) is 0 Å². The largest absolute Gasteiger partial charge is 0.378 e. The van der Waals surface area contributed by atoms with Gasteiger partial charge in [0.15, 0.2) is 5.13 Å². The maximum atomic E-state index is 12.8. The van der Waals surface area contributed by atoms with Crippen LogP contribution < -0.4 is 10.3 Å². The van der Waals surface area contributed by atoms with Crippen molar-refractivity contribution < 1.29 is 18.1 Å². The van der Waals surface area contributed by atoms with E-state index in [4.69, 9.17) is 9.72 Å². The number of nitrogens with one attached hydrogen (secondary N) is 1. The summed E-state index contributed by atoms with van der Waals surface area (Å²) >= 11 is 1.47. The maximum Gasteiger partial charge on any atom is 0.295 e. The van der Waals surface area contributed by atoms with Gasteiger partial charge in [-0.1, -0.05) is 55.5 Å². The number of benzene rings is 2. The van der Waals surface area contributed by atoms with Crippen molar-refractivity contribution in [2.24, 2.45) is 5.10 Å². The van der Waals surface area contributed by atoms with Crippen LogP contribution in [0.25, 0.3) is 11.3 Å². The van der Waals surface area contributed by atoms with Crippen molar-refractivity contribution in [3.05, 3.63) is 63.5 Å². The molecule has 0 saturated carbocycles. The van der Waals surface area contributed by atoms with Gasteiger partial charge in [0.1, 0.15) is 5.69 Å². The normalized spacial score (nSPS) is 14.4. The molecule has 37 heavy (non-hydrogen) atoms. The van der Waals surface area contributed by atoms with E-state index >= 15 is 0 Å². The Bertz CT molecular complexity index is 1370. The van der Waals surface area contributed by atoms with Crippen molar-refractivity contribution in [2.45, 2.75) is 18.7 Å². The summed E-state index contributed by atoms with van der Waals surface area (Å²) in [6, 6.07) is 13.5. The average molecular weight is 545 g/mol. The Kier molecular flexibility index (Phi) is 8.48. The van der Waals surface area contributed by atoms with Crippen LogP contribution in [0.1, 0.15) is 18.7 Å². The first-order valence-electron chi connectivity index (χ1n) is 11.8. The zero-order valence-corrected chi connectivity index (χ0v) is 22.2. The highest BCUT2D eigenvalue weighted by atomic mass is 32.2. The fourth-order valence-electron chi connectivity index (χ4n) is 3.89. The van der Waals surface area contributed by atoms with Crippen LogP contribution in [0, 0.1) is 10.1 Å². The number of hydrogen-bond donors (Lipinski definition) is 1. The lowest BCUT2D eigenvalue weighted by Gasteiger charge is -2.26. The Hall–Kier alpha value is -3.39. The molecule has 2 aromatic carbocycles. The molecular weight excluding hydrogens is 516 g/mol. The highest BCUT2D eigenvalue weighted by Crippen LogP contribution is 2.33. The monoisotopic (exact) mass is 544 g/mol. The molecule has 1 aliphatic heterocycles. The van der Waals surface area contributed by atoms with Crippen LogP contribution >= 0.6 is 11.3 Å². The Morgan fingerprint density at radius 2 is 1.89 bits per heavy atom. The summed E-state index contributed by atoms with van der Waals surface area (Å²) in [4.78, 5) is 18.8. The highest BCUT2D eigenvalue weighted by molar-refractivity contribution is 7.89. The molecule has 1 N–H and O–H groups in total. The molecule has 1 saturated heterocycles. The van der Waals surface area contributed by atoms with Crippen molar-refractivity contribution in [3.63, 3.8) is 0 Å². The highest BCUT2D eigenvalue weighted by Gasteiger charge is 2.26. The maximum absolute atomic E-state index is 12.8. The minimum absolute atomic E-state index is 0.0823. The fourth-order valence-corrected chi connectivity index (χ4v) is 6.38. The number of nitro groups is 1. The van der Waals surface area contributed by atoms with E-state index in [0.717, 1.165) is 40.4 Å². The van der Waals surface area contributed by atoms with Crippen molar-refractivity contribution >= 4 is 44.1 Å². The summed E-state index contributed by atoms with van der Waals surface area (Å²) in [5.41, 5.74) is 4.10. The number of hydrazone groups is 1. The third kappa shape index (κ3) is 5.96. The van der Waals surface area contributed by atoms with Gasteiger partial charge in [-0.3, -0.25) is 15.5 Å². The van der Waals surface area contributed by atoms with Crippen LogP contribution in [0.5, 0.6) is 0 Å². The number of aromatic nitrogens is 1. The molecule has 0 radical (unpaired) electrons. The van der Waals surface area contributed by atoms with E-state index in [1.165, 1.54) is 27.8 Å². The van der Waals surface area contributed by atoms with Crippen LogP contribution in [-0.4, -0.2) is 68.2 Å². The smallest absolute Gasteiger partial charge is 0.295 e. The third-order valence-corrected chi connectivity index (χ3v) is 8.94. The summed E-state index contributed by atoms with van der Waals surface area (Å²) in [6.45, 7) is 6.71. The summed E-state index contributed by atoms with van der Waals surface area (Å²) in [5.74, 6) is 0. The van der Waals surface area contributed by atoms with Crippen LogP contribution in [0.4, 0.5) is 16.5 Å². The van der Waals surface area contributed by atoms with Crippen LogP contribution in [-0.2, 0) is 14.8 Å². The van der Waals surface area contributed by atoms with E-state index in [9.17, 15) is 18.5 Å². The Morgan fingerprint density at radius 3 is 2.54 bits per heavy atom. The number of sulfonamides is 1. The van der Waals surface area contributed by atoms with Gasteiger partial charge in [0.05, 0.1) is 39.8 Å². The third-order valence-electron chi connectivity index (χ3n) is 5.85. The Labute approximate surface area is 219 Å². The molecule has 11 nitrogen and oxygen atoms in total. The number of hydrogen-bond acceptors (Lipinski definition) is 10. The molecule has 0 aliphatic carbocycles. The minimum Gasteiger partial charge on any atom is -0.378 e. The molecule has 2 heterocycles. The number of nitro benzene ring substituents is 1. The van der Waals surface area contributed by atoms with Crippen molar-refractivity contribution in [1.29, 1.82) is 0 Å². The predicted octanol–water partition coefficient (Wildman–Crippen LogP) is 4.03. The second kappa shape index (κ2) is 11.8. The second-order valence-corrected chi connectivity index (χ2v) is 11.0. The van der Waals surface area contributed by atoms with E-state index < -0.39 is 14.9 Å². The second-order valence-electron chi connectivity index (χ2n) is 8.07. The average Bonchev–Trinajstić information content (AvgIpc) is 3.34. The zero-order chi connectivity index (χ0) is 26.4. The first-order valence-corrected chi connectivity index (χ1v) is 14.1. The van der Waals surface area contributed by atoms with Gasteiger partial charge in [0.25, 0.3) is 5.69 Å². The van der Waals surface area contributed by atoms with Crippen LogP contribution in [0.15, 0.2) is 58.5 Å². The zero-order valence-electron chi connectivity index (χ0n) is 20.5. The van der Waals surface area contributed by atoms with Crippen LogP contribution in [0.3, 0.4) is 0 Å². The molecular formula is C24H28N6O5S2. The molecule has 0 bridgehead atoms. The van der Waals surface area contributed by atoms with E-state index in [2.05, 4.69) is 15.4 Å². The first kappa shape index (κ1) is 26.7.